The van der Waals surface area contributed by atoms with Gasteiger partial charge in [0.05, 0.1) is 17.7 Å². The quantitative estimate of drug-likeness (QED) is 0.436. The molecular weight excluding hydrogens is 497 g/mol. The van der Waals surface area contributed by atoms with Crippen LogP contribution in [0.3, 0.4) is 0 Å². The van der Waals surface area contributed by atoms with E-state index in [0.29, 0.717) is 5.56 Å². The molecule has 1 unspecified atom stereocenters. The number of carbonyl (C=O) groups excluding carboxylic acids is 2. The summed E-state index contributed by atoms with van der Waals surface area (Å²) in [6.45, 7) is 2.75. The molecule has 3 aromatic carbocycles. The molecule has 196 valence electrons. The first kappa shape index (κ1) is 27.7. The van der Waals surface area contributed by atoms with Gasteiger partial charge in [-0.15, -0.1) is 0 Å². The maximum absolute atomic E-state index is 13.8. The predicted octanol–water partition coefficient (Wildman–Crippen LogP) is 3.50. The second kappa shape index (κ2) is 11.9. The summed E-state index contributed by atoms with van der Waals surface area (Å²) in [5, 5.41) is 2.51. The van der Waals surface area contributed by atoms with Crippen LogP contribution in [0.4, 0.5) is 10.1 Å². The van der Waals surface area contributed by atoms with Crippen LogP contribution in [-0.2, 0) is 26.2 Å². The van der Waals surface area contributed by atoms with E-state index in [1.807, 2.05) is 6.92 Å². The maximum Gasteiger partial charge on any atom is 0.264 e. The minimum atomic E-state index is -4.21. The Morgan fingerprint density at radius 2 is 1.62 bits per heavy atom. The Morgan fingerprint density at radius 1 is 1.00 bits per heavy atom. The number of carbonyl (C=O) groups is 2. The lowest BCUT2D eigenvalue weighted by Crippen LogP contribution is -2.50. The van der Waals surface area contributed by atoms with Gasteiger partial charge < -0.3 is 15.0 Å². The Kier molecular flexibility index (Phi) is 8.88. The Bertz CT molecular complexity index is 1350. The lowest BCUT2D eigenvalue weighted by molar-refractivity contribution is -0.139. The van der Waals surface area contributed by atoms with E-state index in [2.05, 4.69) is 5.32 Å². The molecule has 0 saturated heterocycles. The van der Waals surface area contributed by atoms with Crippen molar-refractivity contribution in [1.82, 2.24) is 10.2 Å². The van der Waals surface area contributed by atoms with Gasteiger partial charge >= 0.3 is 0 Å². The number of para-hydroxylation sites is 2. The summed E-state index contributed by atoms with van der Waals surface area (Å²) < 4.78 is 47.4. The highest BCUT2D eigenvalue weighted by Crippen LogP contribution is 2.32. The number of nitrogens with zero attached hydrogens (tertiary/aromatic N) is 2. The van der Waals surface area contributed by atoms with Gasteiger partial charge in [0.2, 0.25) is 11.8 Å². The van der Waals surface area contributed by atoms with E-state index in [1.165, 1.54) is 55.5 Å². The molecule has 10 heteroatoms. The molecule has 0 aliphatic heterocycles. The Hall–Kier alpha value is -3.92. The number of anilines is 1. The summed E-state index contributed by atoms with van der Waals surface area (Å²) in [6.07, 6.45) is 0. The van der Waals surface area contributed by atoms with Crippen molar-refractivity contribution in [2.75, 3.05) is 25.0 Å². The molecule has 0 heterocycles. The largest absolute Gasteiger partial charge is 0.495 e. The number of hydrogen-bond donors (Lipinski definition) is 1. The molecule has 0 aliphatic rings. The van der Waals surface area contributed by atoms with Crippen molar-refractivity contribution in [3.63, 3.8) is 0 Å². The smallest absolute Gasteiger partial charge is 0.264 e. The zero-order valence-corrected chi connectivity index (χ0v) is 22.0. The lowest BCUT2D eigenvalue weighted by Gasteiger charge is -2.32. The van der Waals surface area contributed by atoms with Gasteiger partial charge in [0, 0.05) is 13.6 Å². The number of hydrogen-bond acceptors (Lipinski definition) is 5. The fraction of sp³-hybridized carbons (Fsp3) is 0.259. The third-order valence-electron chi connectivity index (χ3n) is 5.92. The third-order valence-corrected chi connectivity index (χ3v) is 7.70. The Morgan fingerprint density at radius 3 is 2.22 bits per heavy atom. The van der Waals surface area contributed by atoms with Gasteiger partial charge in [0.15, 0.2) is 0 Å². The molecule has 0 bridgehead atoms. The zero-order valence-electron chi connectivity index (χ0n) is 21.1. The van der Waals surface area contributed by atoms with Gasteiger partial charge in [0.25, 0.3) is 10.0 Å². The summed E-state index contributed by atoms with van der Waals surface area (Å²) in [4.78, 5) is 27.5. The number of methoxy groups -OCH3 is 1. The van der Waals surface area contributed by atoms with E-state index in [1.54, 1.807) is 43.3 Å². The number of halogens is 1. The number of sulfonamides is 1. The number of amides is 2. The molecule has 1 atom stereocenters. The van der Waals surface area contributed by atoms with Crippen molar-refractivity contribution in [1.29, 1.82) is 0 Å². The average molecular weight is 528 g/mol. The van der Waals surface area contributed by atoms with Gasteiger partial charge in [-0.1, -0.05) is 42.0 Å². The molecule has 8 nitrogen and oxygen atoms in total. The van der Waals surface area contributed by atoms with E-state index in [4.69, 9.17) is 4.74 Å². The highest BCUT2D eigenvalue weighted by molar-refractivity contribution is 7.92. The van der Waals surface area contributed by atoms with Crippen molar-refractivity contribution < 1.29 is 27.1 Å². The van der Waals surface area contributed by atoms with E-state index in [9.17, 15) is 22.4 Å². The lowest BCUT2D eigenvalue weighted by atomic mass is 10.1. The zero-order chi connectivity index (χ0) is 27.2. The molecule has 37 heavy (non-hydrogen) atoms. The van der Waals surface area contributed by atoms with Crippen LogP contribution in [0, 0.1) is 12.7 Å². The fourth-order valence-corrected chi connectivity index (χ4v) is 5.19. The topological polar surface area (TPSA) is 96.0 Å². The minimum absolute atomic E-state index is 0.00115. The van der Waals surface area contributed by atoms with Gasteiger partial charge in [-0.2, -0.15) is 0 Å². The van der Waals surface area contributed by atoms with Gasteiger partial charge in [-0.3, -0.25) is 13.9 Å². The molecule has 3 aromatic rings. The van der Waals surface area contributed by atoms with E-state index < -0.39 is 40.2 Å². The van der Waals surface area contributed by atoms with Crippen LogP contribution in [0.25, 0.3) is 0 Å². The SMILES string of the molecule is CNC(=O)C(C)N(Cc1ccc(F)cc1)C(=O)CN(c1ccccc1OC)S(=O)(=O)c1ccc(C)cc1. The molecule has 0 radical (unpaired) electrons. The number of aryl methyl sites for hydroxylation is 1. The van der Waals surface area contributed by atoms with Gasteiger partial charge in [-0.05, 0) is 55.8 Å². The van der Waals surface area contributed by atoms with Crippen LogP contribution in [-0.4, -0.2) is 51.9 Å². The monoisotopic (exact) mass is 527 g/mol. The normalized spacial score (nSPS) is 11.9. The second-order valence-corrected chi connectivity index (χ2v) is 10.3. The Labute approximate surface area is 216 Å². The minimum Gasteiger partial charge on any atom is -0.495 e. The summed E-state index contributed by atoms with van der Waals surface area (Å²) in [5.41, 5.74) is 1.63. The summed E-state index contributed by atoms with van der Waals surface area (Å²) >= 11 is 0. The number of ether oxygens (including phenoxy) is 1. The Balaban J connectivity index is 2.06. The molecule has 1 N–H and O–H groups in total. The molecule has 0 aliphatic carbocycles. The van der Waals surface area contributed by atoms with Gasteiger partial charge in [0.1, 0.15) is 24.2 Å². The van der Waals surface area contributed by atoms with Crippen molar-refractivity contribution >= 4 is 27.5 Å². The third kappa shape index (κ3) is 6.45. The van der Waals surface area contributed by atoms with Crippen molar-refractivity contribution in [3.8, 4) is 5.75 Å². The van der Waals surface area contributed by atoms with Crippen molar-refractivity contribution in [2.24, 2.45) is 0 Å². The number of rotatable bonds is 10. The second-order valence-electron chi connectivity index (χ2n) is 8.43. The van der Waals surface area contributed by atoms with Gasteiger partial charge in [-0.25, -0.2) is 12.8 Å². The standard InChI is InChI=1S/C27H30FN3O5S/c1-19-9-15-23(16-10-19)37(34,35)31(24-7-5-6-8-25(24)36-4)18-26(32)30(20(2)27(33)29-3)17-21-11-13-22(28)14-12-21/h5-16,20H,17-18H2,1-4H3,(H,29,33). The van der Waals surface area contributed by atoms with Crippen molar-refractivity contribution in [2.45, 2.75) is 31.3 Å². The van der Waals surface area contributed by atoms with Crippen LogP contribution in [0.1, 0.15) is 18.1 Å². The molecule has 3 rings (SSSR count). The van der Waals surface area contributed by atoms with Crippen LogP contribution < -0.4 is 14.4 Å². The maximum atomic E-state index is 13.8. The van der Waals surface area contributed by atoms with E-state index in [0.717, 1.165) is 9.87 Å². The molecule has 0 spiro atoms. The fourth-order valence-electron chi connectivity index (χ4n) is 3.76. The highest BCUT2D eigenvalue weighted by Gasteiger charge is 2.33. The first-order valence-corrected chi connectivity index (χ1v) is 13.0. The first-order chi connectivity index (χ1) is 17.6. The average Bonchev–Trinajstić information content (AvgIpc) is 2.90. The van der Waals surface area contributed by atoms with Crippen LogP contribution in [0.2, 0.25) is 0 Å². The summed E-state index contributed by atoms with van der Waals surface area (Å²) in [7, 11) is -1.35. The van der Waals surface area contributed by atoms with Crippen molar-refractivity contribution in [3.05, 3.63) is 89.7 Å². The van der Waals surface area contributed by atoms with Crippen LogP contribution in [0.5, 0.6) is 5.75 Å². The molecule has 0 fully saturated rings. The molecule has 0 aromatic heterocycles. The van der Waals surface area contributed by atoms with E-state index in [-0.39, 0.29) is 22.9 Å². The van der Waals surface area contributed by atoms with Crippen LogP contribution >= 0.6 is 0 Å². The number of nitrogens with one attached hydrogen (secondary N) is 1. The molecular formula is C27H30FN3O5S. The number of likely N-dealkylation sites (N-methyl/N-ethyl adjacent to an activating group) is 1. The highest BCUT2D eigenvalue weighted by atomic mass is 32.2. The molecule has 0 saturated carbocycles. The molecule has 2 amide bonds. The summed E-state index contributed by atoms with van der Waals surface area (Å²) in [6, 6.07) is 17.4. The first-order valence-electron chi connectivity index (χ1n) is 11.6. The summed E-state index contributed by atoms with van der Waals surface area (Å²) in [5.74, 6) is -1.23. The predicted molar refractivity (Wildman–Crippen MR) is 139 cm³/mol. The van der Waals surface area contributed by atoms with E-state index >= 15 is 0 Å². The van der Waals surface area contributed by atoms with Crippen LogP contribution in [0.15, 0.2) is 77.7 Å². The number of benzene rings is 3.